The number of carboxylic acids is 1. The molecule has 0 saturated carbocycles. The van der Waals surface area contributed by atoms with Crippen LogP contribution in [0.4, 0.5) is 0 Å². The normalized spacial score (nSPS) is 13.9. The summed E-state index contributed by atoms with van der Waals surface area (Å²) >= 11 is 1.41. The van der Waals surface area contributed by atoms with Gasteiger partial charge in [-0.1, -0.05) is 26.8 Å². The number of carbonyl (C=O) groups is 1. The lowest BCUT2D eigenvalue weighted by Gasteiger charge is -2.36. The summed E-state index contributed by atoms with van der Waals surface area (Å²) in [6, 6.07) is 5.69. The van der Waals surface area contributed by atoms with Crippen molar-refractivity contribution in [2.75, 3.05) is 6.61 Å². The number of rotatable bonds is 8. The Bertz CT molecular complexity index is 474. The van der Waals surface area contributed by atoms with E-state index in [4.69, 9.17) is 4.43 Å². The Morgan fingerprint density at radius 1 is 1.41 bits per heavy atom. The Kier molecular flexibility index (Phi) is 7.09. The van der Waals surface area contributed by atoms with Crippen molar-refractivity contribution >= 4 is 26.0 Å². The molecule has 1 atom stereocenters. The summed E-state index contributed by atoms with van der Waals surface area (Å²) in [5, 5.41) is 9.05. The average molecular weight is 342 g/mol. The lowest BCUT2D eigenvalue weighted by atomic mass is 10.2. The van der Waals surface area contributed by atoms with Gasteiger partial charge in [0, 0.05) is 18.6 Å². The molecule has 6 heteroatoms. The monoisotopic (exact) mass is 341 g/mol. The van der Waals surface area contributed by atoms with Gasteiger partial charge in [-0.3, -0.25) is 9.78 Å². The Balaban J connectivity index is 2.47. The first kappa shape index (κ1) is 19.2. The van der Waals surface area contributed by atoms with Crippen molar-refractivity contribution in [2.24, 2.45) is 0 Å². The molecule has 0 unspecified atom stereocenters. The Labute approximate surface area is 138 Å². The van der Waals surface area contributed by atoms with Gasteiger partial charge in [0.1, 0.15) is 5.25 Å². The second-order valence-electron chi connectivity index (χ2n) is 6.86. The SMILES string of the molecule is CC(C)(C)[Si](C)(C)OCC[C@H](SCc1ccccn1)C(=O)O. The number of thioether (sulfide) groups is 1. The van der Waals surface area contributed by atoms with Crippen molar-refractivity contribution in [2.45, 2.75) is 56.3 Å². The molecule has 0 aromatic carbocycles. The van der Waals surface area contributed by atoms with Gasteiger partial charge in [0.2, 0.25) is 0 Å². The van der Waals surface area contributed by atoms with E-state index in [0.29, 0.717) is 18.8 Å². The van der Waals surface area contributed by atoms with E-state index in [9.17, 15) is 9.90 Å². The van der Waals surface area contributed by atoms with E-state index in [1.807, 2.05) is 18.2 Å². The third-order valence-corrected chi connectivity index (χ3v) is 9.92. The van der Waals surface area contributed by atoms with Gasteiger partial charge in [0.25, 0.3) is 0 Å². The van der Waals surface area contributed by atoms with Crippen molar-refractivity contribution in [3.05, 3.63) is 30.1 Å². The van der Waals surface area contributed by atoms with Crippen LogP contribution in [0.2, 0.25) is 18.1 Å². The summed E-state index contributed by atoms with van der Waals surface area (Å²) < 4.78 is 6.07. The second-order valence-corrected chi connectivity index (χ2v) is 12.9. The predicted molar refractivity (Wildman–Crippen MR) is 94.7 cm³/mol. The van der Waals surface area contributed by atoms with Gasteiger partial charge in [-0.2, -0.15) is 0 Å². The smallest absolute Gasteiger partial charge is 0.316 e. The molecule has 0 spiro atoms. The number of carboxylic acid groups (broad SMARTS) is 1. The molecule has 4 nitrogen and oxygen atoms in total. The average Bonchev–Trinajstić information content (AvgIpc) is 2.42. The van der Waals surface area contributed by atoms with E-state index in [1.54, 1.807) is 6.20 Å². The highest BCUT2D eigenvalue weighted by molar-refractivity contribution is 7.99. The summed E-state index contributed by atoms with van der Waals surface area (Å²) in [5.74, 6) is -0.169. The molecule has 124 valence electrons. The molecule has 1 N–H and O–H groups in total. The molecule has 0 fully saturated rings. The molecule has 0 aliphatic carbocycles. The van der Waals surface area contributed by atoms with Crippen LogP contribution in [0.15, 0.2) is 24.4 Å². The van der Waals surface area contributed by atoms with Crippen LogP contribution in [0, 0.1) is 0 Å². The summed E-state index contributed by atoms with van der Waals surface area (Å²) in [6.45, 7) is 11.4. The minimum absolute atomic E-state index is 0.146. The Morgan fingerprint density at radius 2 is 2.09 bits per heavy atom. The minimum atomic E-state index is -1.81. The van der Waals surface area contributed by atoms with E-state index >= 15 is 0 Å². The van der Waals surface area contributed by atoms with E-state index in [1.165, 1.54) is 11.8 Å². The van der Waals surface area contributed by atoms with Crippen LogP contribution < -0.4 is 0 Å². The molecule has 0 radical (unpaired) electrons. The van der Waals surface area contributed by atoms with Crippen molar-refractivity contribution in [3.63, 3.8) is 0 Å². The van der Waals surface area contributed by atoms with Gasteiger partial charge < -0.3 is 9.53 Å². The van der Waals surface area contributed by atoms with Crippen LogP contribution in [0.3, 0.4) is 0 Å². The van der Waals surface area contributed by atoms with E-state index < -0.39 is 19.5 Å². The first-order valence-corrected chi connectivity index (χ1v) is 11.5. The van der Waals surface area contributed by atoms with E-state index in [0.717, 1.165) is 5.69 Å². The molecule has 1 rings (SSSR count). The largest absolute Gasteiger partial charge is 0.480 e. The van der Waals surface area contributed by atoms with Crippen molar-refractivity contribution in [1.29, 1.82) is 0 Å². The third-order valence-electron chi connectivity index (χ3n) is 4.08. The summed E-state index contributed by atoms with van der Waals surface area (Å²) in [6.07, 6.45) is 2.26. The highest BCUT2D eigenvalue weighted by atomic mass is 32.2. The zero-order valence-corrected chi connectivity index (χ0v) is 15.9. The maximum absolute atomic E-state index is 11.4. The van der Waals surface area contributed by atoms with Gasteiger partial charge in [-0.05, 0) is 36.7 Å². The summed E-state index contributed by atoms with van der Waals surface area (Å²) in [5.41, 5.74) is 0.907. The zero-order chi connectivity index (χ0) is 16.8. The molecule has 1 heterocycles. The lowest BCUT2D eigenvalue weighted by Crippen LogP contribution is -2.41. The van der Waals surface area contributed by atoms with Crippen molar-refractivity contribution < 1.29 is 14.3 Å². The van der Waals surface area contributed by atoms with Gasteiger partial charge >= 0.3 is 5.97 Å². The quantitative estimate of drug-likeness (QED) is 0.719. The fraction of sp³-hybridized carbons (Fsp3) is 0.625. The topological polar surface area (TPSA) is 59.4 Å². The third kappa shape index (κ3) is 6.10. The summed E-state index contributed by atoms with van der Waals surface area (Å²) in [7, 11) is -1.81. The maximum atomic E-state index is 11.4. The molecule has 22 heavy (non-hydrogen) atoms. The van der Waals surface area contributed by atoms with Gasteiger partial charge in [-0.25, -0.2) is 0 Å². The number of hydrogen-bond donors (Lipinski definition) is 1. The first-order valence-electron chi connectivity index (χ1n) is 7.52. The number of aliphatic carboxylic acids is 1. The van der Waals surface area contributed by atoms with Crippen LogP contribution in [0.5, 0.6) is 0 Å². The number of nitrogens with zero attached hydrogens (tertiary/aromatic N) is 1. The van der Waals surface area contributed by atoms with Crippen LogP contribution in [-0.4, -0.2) is 36.2 Å². The molecule has 0 amide bonds. The second kappa shape index (κ2) is 8.13. The molecule has 0 aliphatic rings. The lowest BCUT2D eigenvalue weighted by molar-refractivity contribution is -0.136. The van der Waals surface area contributed by atoms with Crippen LogP contribution in [0.25, 0.3) is 0 Å². The Morgan fingerprint density at radius 3 is 2.59 bits per heavy atom. The highest BCUT2D eigenvalue weighted by Gasteiger charge is 2.37. The molecular formula is C16H27NO3SSi. The number of aromatic nitrogens is 1. The standard InChI is InChI=1S/C16H27NO3SSi/c1-16(2,3)22(4,5)20-11-9-14(15(18)19)21-12-13-8-6-7-10-17-13/h6-8,10,14H,9,11-12H2,1-5H3,(H,18,19)/t14-/m0/s1. The molecule has 0 aliphatic heterocycles. The molecule has 1 aromatic rings. The number of pyridine rings is 1. The maximum Gasteiger partial charge on any atom is 0.316 e. The summed E-state index contributed by atoms with van der Waals surface area (Å²) in [4.78, 5) is 15.6. The molecule has 0 bridgehead atoms. The van der Waals surface area contributed by atoms with E-state index in [2.05, 4.69) is 38.8 Å². The molecular weight excluding hydrogens is 314 g/mol. The molecule has 0 saturated heterocycles. The highest BCUT2D eigenvalue weighted by Crippen LogP contribution is 2.36. The van der Waals surface area contributed by atoms with Crippen LogP contribution >= 0.6 is 11.8 Å². The molecule has 1 aromatic heterocycles. The van der Waals surface area contributed by atoms with Crippen LogP contribution in [-0.2, 0) is 15.0 Å². The van der Waals surface area contributed by atoms with Gasteiger partial charge in [-0.15, -0.1) is 11.8 Å². The fourth-order valence-electron chi connectivity index (χ4n) is 1.59. The van der Waals surface area contributed by atoms with Crippen molar-refractivity contribution in [1.82, 2.24) is 4.98 Å². The predicted octanol–water partition coefficient (Wildman–Crippen LogP) is 4.18. The van der Waals surface area contributed by atoms with Crippen molar-refractivity contribution in [3.8, 4) is 0 Å². The Hall–Kier alpha value is -0.853. The van der Waals surface area contributed by atoms with Gasteiger partial charge in [0.05, 0.1) is 5.69 Å². The van der Waals surface area contributed by atoms with E-state index in [-0.39, 0.29) is 5.04 Å². The minimum Gasteiger partial charge on any atom is -0.480 e. The van der Waals surface area contributed by atoms with Gasteiger partial charge in [0.15, 0.2) is 8.32 Å². The fourth-order valence-corrected chi connectivity index (χ4v) is 3.59. The zero-order valence-electron chi connectivity index (χ0n) is 14.1. The van der Waals surface area contributed by atoms with Crippen LogP contribution in [0.1, 0.15) is 32.9 Å². The number of hydrogen-bond acceptors (Lipinski definition) is 4. The first-order chi connectivity index (χ1) is 10.1.